The van der Waals surface area contributed by atoms with Gasteiger partial charge in [-0.15, -0.1) is 0 Å². The lowest BCUT2D eigenvalue weighted by molar-refractivity contribution is 0.560. The lowest BCUT2D eigenvalue weighted by atomic mass is 9.79. The molecule has 3 heteroatoms. The summed E-state index contributed by atoms with van der Waals surface area (Å²) in [7, 11) is 0. The van der Waals surface area contributed by atoms with Gasteiger partial charge in [0.25, 0.3) is 0 Å². The second kappa shape index (κ2) is 4.49. The normalized spacial score (nSPS) is 15.3. The number of aromatic amines is 1. The monoisotopic (exact) mass is 255 g/mol. The highest BCUT2D eigenvalue weighted by Crippen LogP contribution is 2.33. The van der Waals surface area contributed by atoms with Gasteiger partial charge < -0.3 is 5.32 Å². The van der Waals surface area contributed by atoms with Gasteiger partial charge in [-0.25, -0.2) is 0 Å². The Morgan fingerprint density at radius 1 is 1.21 bits per heavy atom. The number of rotatable bonds is 1. The van der Waals surface area contributed by atoms with Crippen molar-refractivity contribution in [3.05, 3.63) is 41.1 Å². The molecule has 2 N–H and O–H groups in total. The van der Waals surface area contributed by atoms with Gasteiger partial charge in [0.15, 0.2) is 0 Å². The Labute approximate surface area is 114 Å². The quantitative estimate of drug-likeness (QED) is 0.822. The van der Waals surface area contributed by atoms with Crippen LogP contribution in [0.5, 0.6) is 0 Å². The Balaban J connectivity index is 2.19. The van der Waals surface area contributed by atoms with Crippen LogP contribution in [-0.4, -0.2) is 16.7 Å². The van der Waals surface area contributed by atoms with Crippen molar-refractivity contribution in [1.82, 2.24) is 15.5 Å². The number of hydrogen-bond acceptors (Lipinski definition) is 2. The van der Waals surface area contributed by atoms with E-state index in [1.807, 2.05) is 12.3 Å². The van der Waals surface area contributed by atoms with E-state index in [1.54, 1.807) is 0 Å². The number of fused-ring (bicyclic) bond motifs is 1. The van der Waals surface area contributed by atoms with Crippen LogP contribution in [-0.2, 0) is 18.4 Å². The van der Waals surface area contributed by atoms with Gasteiger partial charge in [0.2, 0.25) is 0 Å². The molecule has 2 heterocycles. The van der Waals surface area contributed by atoms with Gasteiger partial charge in [-0.05, 0) is 53.3 Å². The van der Waals surface area contributed by atoms with E-state index in [0.717, 1.165) is 25.2 Å². The average Bonchev–Trinajstić information content (AvgIpc) is 2.90. The van der Waals surface area contributed by atoms with E-state index >= 15 is 0 Å². The maximum Gasteiger partial charge on any atom is 0.0650 e. The summed E-state index contributed by atoms with van der Waals surface area (Å²) in [6.45, 7) is 8.92. The second-order valence-corrected chi connectivity index (χ2v) is 6.31. The molecule has 0 fully saturated rings. The number of hydrogen-bond donors (Lipinski definition) is 2. The number of nitrogens with zero attached hydrogens (tertiary/aromatic N) is 1. The van der Waals surface area contributed by atoms with Crippen molar-refractivity contribution in [2.75, 3.05) is 6.54 Å². The molecular weight excluding hydrogens is 234 g/mol. The van der Waals surface area contributed by atoms with Crippen molar-refractivity contribution >= 4 is 0 Å². The Hall–Kier alpha value is -1.61. The molecule has 0 saturated carbocycles. The topological polar surface area (TPSA) is 40.7 Å². The maximum absolute atomic E-state index is 4.07. The first-order chi connectivity index (χ1) is 9.05. The highest BCUT2D eigenvalue weighted by Gasteiger charge is 2.23. The van der Waals surface area contributed by atoms with Gasteiger partial charge in [0, 0.05) is 18.3 Å². The van der Waals surface area contributed by atoms with Gasteiger partial charge in [0.1, 0.15) is 0 Å². The Bertz CT molecular complexity index is 577. The van der Waals surface area contributed by atoms with Crippen molar-refractivity contribution < 1.29 is 0 Å². The van der Waals surface area contributed by atoms with Crippen LogP contribution in [0, 0.1) is 0 Å². The van der Waals surface area contributed by atoms with E-state index in [0.29, 0.717) is 0 Å². The fourth-order valence-corrected chi connectivity index (χ4v) is 2.84. The number of aromatic nitrogens is 2. The van der Waals surface area contributed by atoms with E-state index in [4.69, 9.17) is 0 Å². The molecule has 0 spiro atoms. The number of nitrogens with one attached hydrogen (secondary N) is 2. The van der Waals surface area contributed by atoms with Crippen LogP contribution in [0.4, 0.5) is 0 Å². The predicted molar refractivity (Wildman–Crippen MR) is 78.1 cm³/mol. The van der Waals surface area contributed by atoms with E-state index in [9.17, 15) is 0 Å². The molecule has 3 rings (SSSR count). The van der Waals surface area contributed by atoms with Crippen LogP contribution in [0.2, 0.25) is 0 Å². The van der Waals surface area contributed by atoms with Gasteiger partial charge >= 0.3 is 0 Å². The molecule has 0 unspecified atom stereocenters. The first-order valence-electron chi connectivity index (χ1n) is 6.92. The third-order valence-electron chi connectivity index (χ3n) is 3.83. The molecule has 100 valence electrons. The molecule has 19 heavy (non-hydrogen) atoms. The van der Waals surface area contributed by atoms with Crippen LogP contribution < -0.4 is 5.32 Å². The minimum Gasteiger partial charge on any atom is -0.312 e. The predicted octanol–water partition coefficient (Wildman–Crippen LogP) is 3.02. The summed E-state index contributed by atoms with van der Waals surface area (Å²) in [5.41, 5.74) is 6.94. The smallest absolute Gasteiger partial charge is 0.0650 e. The van der Waals surface area contributed by atoms with Crippen molar-refractivity contribution in [3.8, 4) is 11.3 Å². The van der Waals surface area contributed by atoms with Crippen LogP contribution >= 0.6 is 0 Å². The summed E-state index contributed by atoms with van der Waals surface area (Å²) in [4.78, 5) is 0. The molecule has 1 aromatic heterocycles. The summed E-state index contributed by atoms with van der Waals surface area (Å²) in [6, 6.07) is 6.67. The molecule has 0 saturated heterocycles. The minimum atomic E-state index is 0.166. The molecule has 1 aromatic carbocycles. The first-order valence-corrected chi connectivity index (χ1v) is 6.92. The highest BCUT2D eigenvalue weighted by atomic mass is 15.1. The number of benzene rings is 1. The lowest BCUT2D eigenvalue weighted by Crippen LogP contribution is -2.27. The van der Waals surface area contributed by atoms with Crippen molar-refractivity contribution in [2.45, 2.75) is 39.2 Å². The second-order valence-electron chi connectivity index (χ2n) is 6.31. The Morgan fingerprint density at radius 2 is 2.05 bits per heavy atom. The Kier molecular flexibility index (Phi) is 2.94. The molecule has 0 aliphatic carbocycles. The van der Waals surface area contributed by atoms with Crippen molar-refractivity contribution in [2.24, 2.45) is 0 Å². The average molecular weight is 255 g/mol. The van der Waals surface area contributed by atoms with Crippen molar-refractivity contribution in [3.63, 3.8) is 0 Å². The Morgan fingerprint density at radius 3 is 2.74 bits per heavy atom. The summed E-state index contributed by atoms with van der Waals surface area (Å²) in [5.74, 6) is 0. The summed E-state index contributed by atoms with van der Waals surface area (Å²) >= 11 is 0. The number of H-pyrrole nitrogens is 1. The molecule has 3 nitrogen and oxygen atoms in total. The van der Waals surface area contributed by atoms with E-state index in [-0.39, 0.29) is 5.41 Å². The zero-order valence-corrected chi connectivity index (χ0v) is 11.9. The van der Waals surface area contributed by atoms with Crippen LogP contribution in [0.3, 0.4) is 0 Å². The summed E-state index contributed by atoms with van der Waals surface area (Å²) < 4.78 is 0. The molecule has 0 atom stereocenters. The SMILES string of the molecule is CC(C)(C)c1cc(-c2ccn[nH]2)cc2c1CNCC2. The standard InChI is InChI=1S/C16H21N3/c1-16(2,3)14-9-12(15-5-7-18-19-15)8-11-4-6-17-10-13(11)14/h5,7-9,17H,4,6,10H2,1-3H3,(H,18,19). The molecule has 0 bridgehead atoms. The zero-order chi connectivity index (χ0) is 13.5. The van der Waals surface area contributed by atoms with Gasteiger partial charge in [-0.3, -0.25) is 5.10 Å². The highest BCUT2D eigenvalue weighted by molar-refractivity contribution is 5.63. The van der Waals surface area contributed by atoms with E-state index in [1.165, 1.54) is 22.3 Å². The molecular formula is C16H21N3. The van der Waals surface area contributed by atoms with E-state index < -0.39 is 0 Å². The molecule has 2 aromatic rings. The third kappa shape index (κ3) is 2.30. The summed E-state index contributed by atoms with van der Waals surface area (Å²) in [5, 5.41) is 10.6. The summed E-state index contributed by atoms with van der Waals surface area (Å²) in [6.07, 6.45) is 2.92. The first kappa shape index (κ1) is 12.4. The zero-order valence-electron chi connectivity index (χ0n) is 11.9. The van der Waals surface area contributed by atoms with Crippen LogP contribution in [0.25, 0.3) is 11.3 Å². The van der Waals surface area contributed by atoms with E-state index in [2.05, 4.69) is 48.4 Å². The van der Waals surface area contributed by atoms with Crippen LogP contribution in [0.15, 0.2) is 24.4 Å². The van der Waals surface area contributed by atoms with Gasteiger partial charge in [0.05, 0.1) is 5.69 Å². The largest absolute Gasteiger partial charge is 0.312 e. The fraction of sp³-hybridized carbons (Fsp3) is 0.438. The third-order valence-corrected chi connectivity index (χ3v) is 3.83. The maximum atomic E-state index is 4.07. The van der Waals surface area contributed by atoms with Gasteiger partial charge in [-0.2, -0.15) is 5.10 Å². The molecule has 0 amide bonds. The van der Waals surface area contributed by atoms with Crippen LogP contribution in [0.1, 0.15) is 37.5 Å². The van der Waals surface area contributed by atoms with Crippen molar-refractivity contribution in [1.29, 1.82) is 0 Å². The minimum absolute atomic E-state index is 0.166. The molecule has 1 aliphatic heterocycles. The fourth-order valence-electron chi connectivity index (χ4n) is 2.84. The molecule has 1 aliphatic rings. The molecule has 0 radical (unpaired) electrons. The van der Waals surface area contributed by atoms with Gasteiger partial charge in [-0.1, -0.05) is 20.8 Å². The lowest BCUT2D eigenvalue weighted by Gasteiger charge is -2.29.